The maximum Gasteiger partial charge on any atom is 0.200 e. The number of rotatable bonds is 6. The first-order valence-corrected chi connectivity index (χ1v) is 8.53. The maximum absolute atomic E-state index is 13.6. The number of hydrazone groups is 1. The van der Waals surface area contributed by atoms with Gasteiger partial charge in [0.15, 0.2) is 23.3 Å². The van der Waals surface area contributed by atoms with E-state index in [1.165, 1.54) is 0 Å². The van der Waals surface area contributed by atoms with Gasteiger partial charge in [0.05, 0.1) is 6.21 Å². The predicted octanol–water partition coefficient (Wildman–Crippen LogP) is 6.06. The Hall–Kier alpha value is -3.13. The first kappa shape index (κ1) is 20.6. The van der Waals surface area contributed by atoms with E-state index in [4.69, 9.17) is 16.3 Å². The number of nitrogens with one attached hydrogen (secondary N) is 1. The number of nitrogens with zero attached hydrogens (tertiary/aromatic N) is 1. The summed E-state index contributed by atoms with van der Waals surface area (Å²) in [6.07, 6.45) is 1.15. The molecule has 3 aromatic carbocycles. The number of anilines is 1. The summed E-state index contributed by atoms with van der Waals surface area (Å²) < 4.78 is 72.0. The first-order valence-electron chi connectivity index (χ1n) is 8.15. The molecule has 3 aromatic rings. The van der Waals surface area contributed by atoms with E-state index in [2.05, 4.69) is 5.10 Å². The molecule has 0 saturated heterocycles. The predicted molar refractivity (Wildman–Crippen MR) is 99.7 cm³/mol. The second-order valence-electron chi connectivity index (χ2n) is 5.76. The molecule has 0 aliphatic carbocycles. The van der Waals surface area contributed by atoms with Crippen molar-refractivity contribution in [2.24, 2.45) is 5.10 Å². The van der Waals surface area contributed by atoms with Crippen LogP contribution in [0.4, 0.5) is 27.6 Å². The largest absolute Gasteiger partial charge is 0.489 e. The number of hydrogen-bond donors (Lipinski definition) is 1. The molecule has 0 aliphatic rings. The molecular formula is C20H12ClF5N2O. The van der Waals surface area contributed by atoms with Crippen molar-refractivity contribution in [1.29, 1.82) is 0 Å². The molecule has 0 radical (unpaired) electrons. The van der Waals surface area contributed by atoms with E-state index in [1.54, 1.807) is 36.4 Å². The second kappa shape index (κ2) is 8.91. The van der Waals surface area contributed by atoms with Crippen molar-refractivity contribution in [3.63, 3.8) is 0 Å². The van der Waals surface area contributed by atoms with E-state index < -0.39 is 34.8 Å². The summed E-state index contributed by atoms with van der Waals surface area (Å²) in [5.41, 5.74) is 1.90. The average Bonchev–Trinajstić information content (AvgIpc) is 2.73. The molecule has 9 heteroatoms. The molecule has 0 aromatic heterocycles. The van der Waals surface area contributed by atoms with Crippen molar-refractivity contribution in [3.8, 4) is 5.75 Å². The highest BCUT2D eigenvalue weighted by atomic mass is 35.5. The molecular weight excluding hydrogens is 415 g/mol. The van der Waals surface area contributed by atoms with E-state index in [1.807, 2.05) is 17.6 Å². The minimum absolute atomic E-state index is 0.259. The van der Waals surface area contributed by atoms with Crippen LogP contribution < -0.4 is 10.2 Å². The van der Waals surface area contributed by atoms with Gasteiger partial charge in [0.25, 0.3) is 0 Å². The Kier molecular flexibility index (Phi) is 6.33. The quantitative estimate of drug-likeness (QED) is 0.171. The highest BCUT2D eigenvalue weighted by Gasteiger charge is 2.25. The normalized spacial score (nSPS) is 11.1. The lowest BCUT2D eigenvalue weighted by Crippen LogP contribution is -2.06. The van der Waals surface area contributed by atoms with Crippen LogP contribution in [-0.2, 0) is 6.61 Å². The van der Waals surface area contributed by atoms with Crippen LogP contribution in [0.3, 0.4) is 0 Å². The van der Waals surface area contributed by atoms with Crippen molar-refractivity contribution in [1.82, 2.24) is 0 Å². The molecule has 0 heterocycles. The van der Waals surface area contributed by atoms with Gasteiger partial charge < -0.3 is 4.74 Å². The van der Waals surface area contributed by atoms with Gasteiger partial charge in [0.1, 0.15) is 18.0 Å². The van der Waals surface area contributed by atoms with Crippen molar-refractivity contribution in [2.45, 2.75) is 6.61 Å². The van der Waals surface area contributed by atoms with Gasteiger partial charge in [-0.2, -0.15) is 5.10 Å². The van der Waals surface area contributed by atoms with E-state index in [-0.39, 0.29) is 6.61 Å². The molecule has 0 fully saturated rings. The highest BCUT2D eigenvalue weighted by Crippen LogP contribution is 2.27. The fourth-order valence-electron chi connectivity index (χ4n) is 2.30. The smallest absolute Gasteiger partial charge is 0.200 e. The molecule has 3 nitrogen and oxygen atoms in total. The molecule has 29 heavy (non-hydrogen) atoms. The van der Waals surface area contributed by atoms with Gasteiger partial charge in [-0.1, -0.05) is 29.8 Å². The molecule has 0 amide bonds. The summed E-state index contributed by atoms with van der Waals surface area (Å²) in [4.78, 5) is 0. The number of benzene rings is 3. The SMILES string of the molecule is Fc1c(F)c(F)c(N/N=C\c2ccc(OCc3ccccc3Cl)cc2)c(F)c1F. The van der Waals surface area contributed by atoms with Crippen LogP contribution in [0, 0.1) is 29.1 Å². The number of hydrogen-bond acceptors (Lipinski definition) is 3. The molecule has 1 N–H and O–H groups in total. The standard InChI is InChI=1S/C20H12ClF5N2O/c21-14-4-2-1-3-12(14)10-29-13-7-5-11(6-8-13)9-27-28-20-18(25)16(23)15(22)17(24)19(20)26/h1-9,28H,10H2/b27-9-. The fraction of sp³-hybridized carbons (Fsp3) is 0.0500. The Balaban J connectivity index is 1.65. The summed E-state index contributed by atoms with van der Waals surface area (Å²) in [5.74, 6) is -9.80. The number of ether oxygens (including phenoxy) is 1. The molecule has 3 rings (SSSR count). The van der Waals surface area contributed by atoms with Gasteiger partial charge in [-0.3, -0.25) is 5.43 Å². The summed E-state index contributed by atoms with van der Waals surface area (Å²) in [7, 11) is 0. The van der Waals surface area contributed by atoms with Gasteiger partial charge in [-0.05, 0) is 35.9 Å². The lowest BCUT2D eigenvalue weighted by Gasteiger charge is -2.08. The summed E-state index contributed by atoms with van der Waals surface area (Å²) >= 11 is 6.05. The van der Waals surface area contributed by atoms with E-state index in [0.29, 0.717) is 16.3 Å². The highest BCUT2D eigenvalue weighted by molar-refractivity contribution is 6.31. The van der Waals surface area contributed by atoms with Crippen LogP contribution in [0.25, 0.3) is 0 Å². The molecule has 150 valence electrons. The van der Waals surface area contributed by atoms with Crippen molar-refractivity contribution in [2.75, 3.05) is 5.43 Å². The zero-order valence-electron chi connectivity index (χ0n) is 14.5. The summed E-state index contributed by atoms with van der Waals surface area (Å²) in [6.45, 7) is 0.259. The molecule has 0 atom stereocenters. The molecule has 0 unspecified atom stereocenters. The molecule has 0 bridgehead atoms. The lowest BCUT2D eigenvalue weighted by atomic mass is 10.2. The third-order valence-electron chi connectivity index (χ3n) is 3.83. The Morgan fingerprint density at radius 3 is 2.03 bits per heavy atom. The lowest BCUT2D eigenvalue weighted by molar-refractivity contribution is 0.306. The van der Waals surface area contributed by atoms with E-state index in [0.717, 1.165) is 11.8 Å². The van der Waals surface area contributed by atoms with Gasteiger partial charge in [0.2, 0.25) is 5.82 Å². The van der Waals surface area contributed by atoms with Crippen molar-refractivity contribution in [3.05, 3.63) is 93.8 Å². The van der Waals surface area contributed by atoms with Gasteiger partial charge >= 0.3 is 0 Å². The summed E-state index contributed by atoms with van der Waals surface area (Å²) in [5, 5.41) is 4.09. The van der Waals surface area contributed by atoms with Crippen molar-refractivity contribution < 1.29 is 26.7 Å². The maximum atomic E-state index is 13.6. The third kappa shape index (κ3) is 4.65. The van der Waals surface area contributed by atoms with Crippen molar-refractivity contribution >= 4 is 23.5 Å². The minimum Gasteiger partial charge on any atom is -0.489 e. The Bertz CT molecular complexity index is 1030. The average molecular weight is 427 g/mol. The zero-order chi connectivity index (χ0) is 21.0. The summed E-state index contributed by atoms with van der Waals surface area (Å²) in [6, 6.07) is 13.6. The van der Waals surface area contributed by atoms with Crippen LogP contribution in [0.5, 0.6) is 5.75 Å². The molecule has 0 spiro atoms. The van der Waals surface area contributed by atoms with Crippen LogP contribution in [0.1, 0.15) is 11.1 Å². The Labute approximate surface area is 167 Å². The topological polar surface area (TPSA) is 33.6 Å². The molecule has 0 saturated carbocycles. The van der Waals surface area contributed by atoms with Gasteiger partial charge in [-0.15, -0.1) is 0 Å². The fourth-order valence-corrected chi connectivity index (χ4v) is 2.49. The monoisotopic (exact) mass is 426 g/mol. The van der Waals surface area contributed by atoms with Crippen LogP contribution in [0.2, 0.25) is 5.02 Å². The van der Waals surface area contributed by atoms with Crippen LogP contribution >= 0.6 is 11.6 Å². The minimum atomic E-state index is -2.23. The second-order valence-corrected chi connectivity index (χ2v) is 6.17. The Morgan fingerprint density at radius 2 is 1.41 bits per heavy atom. The van der Waals surface area contributed by atoms with E-state index >= 15 is 0 Å². The first-order chi connectivity index (χ1) is 13.9. The van der Waals surface area contributed by atoms with Crippen LogP contribution in [0.15, 0.2) is 53.6 Å². The number of halogens is 6. The zero-order valence-corrected chi connectivity index (χ0v) is 15.3. The van der Waals surface area contributed by atoms with Crippen LogP contribution in [-0.4, -0.2) is 6.21 Å². The van der Waals surface area contributed by atoms with E-state index in [9.17, 15) is 22.0 Å². The Morgan fingerprint density at radius 1 is 0.828 bits per heavy atom. The third-order valence-corrected chi connectivity index (χ3v) is 4.20. The van der Waals surface area contributed by atoms with Gasteiger partial charge in [0, 0.05) is 10.6 Å². The molecule has 0 aliphatic heterocycles. The van der Waals surface area contributed by atoms with Gasteiger partial charge in [-0.25, -0.2) is 22.0 Å².